The van der Waals surface area contributed by atoms with Crippen LogP contribution >= 0.6 is 0 Å². The Bertz CT molecular complexity index is 628. The van der Waals surface area contributed by atoms with Crippen LogP contribution < -0.4 is 0 Å². The standard InChI is InChI=1S/C20H29FN4/c1-2-24(16-20-22-9-10-23-20)14-18-6-4-11-25(15-18)12-8-17-5-3-7-19(21)13-17/h3,5,7,9-10,13,18H,2,4,6,8,11-12,14-16H2,1H3,(H,22,23)/t18-/m1/s1. The van der Waals surface area contributed by atoms with Crippen LogP contribution in [-0.2, 0) is 13.0 Å². The van der Waals surface area contributed by atoms with Crippen molar-refractivity contribution in [1.82, 2.24) is 19.8 Å². The largest absolute Gasteiger partial charge is 0.348 e. The highest BCUT2D eigenvalue weighted by Gasteiger charge is 2.22. The molecule has 0 aliphatic carbocycles. The Kier molecular flexibility index (Phi) is 6.59. The molecule has 4 nitrogen and oxygen atoms in total. The van der Waals surface area contributed by atoms with Crippen molar-refractivity contribution in [3.63, 3.8) is 0 Å². The molecular weight excluding hydrogens is 315 g/mol. The molecular formula is C20H29FN4. The number of piperidine rings is 1. The second-order valence-corrected chi connectivity index (χ2v) is 7.05. The van der Waals surface area contributed by atoms with E-state index >= 15 is 0 Å². The van der Waals surface area contributed by atoms with Crippen LogP contribution in [0.1, 0.15) is 31.2 Å². The lowest BCUT2D eigenvalue weighted by Gasteiger charge is -2.35. The molecule has 0 bridgehead atoms. The van der Waals surface area contributed by atoms with E-state index in [1.54, 1.807) is 12.1 Å². The van der Waals surface area contributed by atoms with Gasteiger partial charge in [0.05, 0.1) is 6.54 Å². The van der Waals surface area contributed by atoms with Crippen molar-refractivity contribution in [3.8, 4) is 0 Å². The number of hydrogen-bond acceptors (Lipinski definition) is 3. The highest BCUT2D eigenvalue weighted by Crippen LogP contribution is 2.19. The van der Waals surface area contributed by atoms with E-state index in [0.29, 0.717) is 5.92 Å². The molecule has 1 fully saturated rings. The zero-order valence-electron chi connectivity index (χ0n) is 15.1. The molecule has 1 aliphatic heterocycles. The number of nitrogens with one attached hydrogen (secondary N) is 1. The van der Waals surface area contributed by atoms with Gasteiger partial charge in [0.25, 0.3) is 0 Å². The van der Waals surface area contributed by atoms with Crippen LogP contribution in [0.15, 0.2) is 36.7 Å². The van der Waals surface area contributed by atoms with E-state index in [1.807, 2.05) is 18.5 Å². The molecule has 1 atom stereocenters. The summed E-state index contributed by atoms with van der Waals surface area (Å²) in [7, 11) is 0. The first-order valence-electron chi connectivity index (χ1n) is 9.40. The van der Waals surface area contributed by atoms with Gasteiger partial charge in [-0.05, 0) is 56.0 Å². The molecule has 0 amide bonds. The quantitative estimate of drug-likeness (QED) is 0.798. The number of imidazole rings is 1. The van der Waals surface area contributed by atoms with Crippen molar-refractivity contribution >= 4 is 0 Å². The molecule has 0 saturated carbocycles. The molecule has 3 rings (SSSR count). The van der Waals surface area contributed by atoms with Crippen molar-refractivity contribution in [2.75, 3.05) is 32.7 Å². The first-order valence-corrected chi connectivity index (χ1v) is 9.40. The maximum absolute atomic E-state index is 13.3. The molecule has 0 radical (unpaired) electrons. The summed E-state index contributed by atoms with van der Waals surface area (Å²) in [5.41, 5.74) is 1.09. The second-order valence-electron chi connectivity index (χ2n) is 7.05. The monoisotopic (exact) mass is 344 g/mol. The molecule has 1 saturated heterocycles. The van der Waals surface area contributed by atoms with Crippen LogP contribution in [0.25, 0.3) is 0 Å². The van der Waals surface area contributed by atoms with Crippen molar-refractivity contribution in [2.45, 2.75) is 32.7 Å². The molecule has 0 spiro atoms. The Morgan fingerprint density at radius 1 is 1.40 bits per heavy atom. The Hall–Kier alpha value is -1.72. The van der Waals surface area contributed by atoms with E-state index < -0.39 is 0 Å². The summed E-state index contributed by atoms with van der Waals surface area (Å²) in [6.45, 7) is 8.59. The first-order chi connectivity index (χ1) is 12.2. The molecule has 25 heavy (non-hydrogen) atoms. The highest BCUT2D eigenvalue weighted by molar-refractivity contribution is 5.16. The van der Waals surface area contributed by atoms with Gasteiger partial charge in [-0.25, -0.2) is 9.37 Å². The molecule has 1 N–H and O–H groups in total. The van der Waals surface area contributed by atoms with Gasteiger partial charge in [-0.2, -0.15) is 0 Å². The second kappa shape index (κ2) is 9.11. The number of aromatic amines is 1. The summed E-state index contributed by atoms with van der Waals surface area (Å²) in [5.74, 6) is 1.61. The normalized spacial score (nSPS) is 18.8. The summed E-state index contributed by atoms with van der Waals surface area (Å²) < 4.78 is 13.3. The zero-order chi connectivity index (χ0) is 17.5. The minimum atomic E-state index is -0.134. The van der Waals surface area contributed by atoms with Gasteiger partial charge in [0.2, 0.25) is 0 Å². The minimum absolute atomic E-state index is 0.134. The number of likely N-dealkylation sites (tertiary alicyclic amines) is 1. The van der Waals surface area contributed by atoms with Gasteiger partial charge in [0.15, 0.2) is 0 Å². The fourth-order valence-electron chi connectivity index (χ4n) is 3.75. The number of hydrogen-bond donors (Lipinski definition) is 1. The smallest absolute Gasteiger partial charge is 0.123 e. The highest BCUT2D eigenvalue weighted by atomic mass is 19.1. The fourth-order valence-corrected chi connectivity index (χ4v) is 3.75. The summed E-state index contributed by atoms with van der Waals surface area (Å²) in [6.07, 6.45) is 7.18. The fraction of sp³-hybridized carbons (Fsp3) is 0.550. The van der Waals surface area contributed by atoms with Gasteiger partial charge >= 0.3 is 0 Å². The molecule has 1 aromatic carbocycles. The predicted molar refractivity (Wildman–Crippen MR) is 98.8 cm³/mol. The third-order valence-electron chi connectivity index (χ3n) is 5.10. The van der Waals surface area contributed by atoms with Gasteiger partial charge < -0.3 is 9.88 Å². The van der Waals surface area contributed by atoms with Gasteiger partial charge in [-0.3, -0.25) is 4.90 Å². The van der Waals surface area contributed by atoms with E-state index in [0.717, 1.165) is 57.1 Å². The maximum Gasteiger partial charge on any atom is 0.123 e. The van der Waals surface area contributed by atoms with E-state index in [1.165, 1.54) is 18.9 Å². The van der Waals surface area contributed by atoms with Crippen LogP contribution in [0.2, 0.25) is 0 Å². The molecule has 0 unspecified atom stereocenters. The summed E-state index contributed by atoms with van der Waals surface area (Å²) in [6, 6.07) is 6.99. The van der Waals surface area contributed by atoms with E-state index in [9.17, 15) is 4.39 Å². The number of nitrogens with zero attached hydrogens (tertiary/aromatic N) is 3. The number of benzene rings is 1. The van der Waals surface area contributed by atoms with Gasteiger partial charge in [-0.15, -0.1) is 0 Å². The number of rotatable bonds is 8. The van der Waals surface area contributed by atoms with Crippen molar-refractivity contribution in [1.29, 1.82) is 0 Å². The average molecular weight is 344 g/mol. The van der Waals surface area contributed by atoms with Crippen LogP contribution in [0.5, 0.6) is 0 Å². The zero-order valence-corrected chi connectivity index (χ0v) is 15.1. The number of halogens is 1. The Labute approximate surface area is 150 Å². The Balaban J connectivity index is 1.46. The van der Waals surface area contributed by atoms with Gasteiger partial charge in [0, 0.05) is 32.0 Å². The molecule has 136 valence electrons. The van der Waals surface area contributed by atoms with Gasteiger partial charge in [-0.1, -0.05) is 19.1 Å². The van der Waals surface area contributed by atoms with Crippen LogP contribution in [0, 0.1) is 11.7 Å². The lowest BCUT2D eigenvalue weighted by Crippen LogP contribution is -2.41. The summed E-state index contributed by atoms with van der Waals surface area (Å²) in [5, 5.41) is 0. The predicted octanol–water partition coefficient (Wildman–Crippen LogP) is 3.33. The molecule has 1 aromatic heterocycles. The van der Waals surface area contributed by atoms with E-state index in [-0.39, 0.29) is 5.82 Å². The lowest BCUT2D eigenvalue weighted by molar-refractivity contribution is 0.132. The van der Waals surface area contributed by atoms with Crippen LogP contribution in [0.4, 0.5) is 4.39 Å². The lowest BCUT2D eigenvalue weighted by atomic mass is 9.97. The van der Waals surface area contributed by atoms with Crippen molar-refractivity contribution < 1.29 is 4.39 Å². The average Bonchev–Trinajstić information content (AvgIpc) is 3.13. The summed E-state index contributed by atoms with van der Waals surface area (Å²) >= 11 is 0. The Morgan fingerprint density at radius 3 is 3.08 bits per heavy atom. The SMILES string of the molecule is CCN(Cc1ncc[nH]1)C[C@H]1CCCN(CCc2cccc(F)c2)C1. The van der Waals surface area contributed by atoms with Crippen molar-refractivity contribution in [2.24, 2.45) is 5.92 Å². The minimum Gasteiger partial charge on any atom is -0.348 e. The molecule has 2 aromatic rings. The van der Waals surface area contributed by atoms with E-state index in [2.05, 4.69) is 26.7 Å². The number of H-pyrrole nitrogens is 1. The first kappa shape index (κ1) is 18.1. The third kappa shape index (κ3) is 5.65. The van der Waals surface area contributed by atoms with Crippen molar-refractivity contribution in [3.05, 3.63) is 53.9 Å². The third-order valence-corrected chi connectivity index (χ3v) is 5.10. The molecule has 2 heterocycles. The Morgan fingerprint density at radius 2 is 2.32 bits per heavy atom. The molecule has 5 heteroatoms. The summed E-state index contributed by atoms with van der Waals surface area (Å²) in [4.78, 5) is 12.6. The van der Waals surface area contributed by atoms with Crippen LogP contribution in [-0.4, -0.2) is 52.5 Å². The van der Waals surface area contributed by atoms with E-state index in [4.69, 9.17) is 0 Å². The number of aromatic nitrogens is 2. The van der Waals surface area contributed by atoms with Gasteiger partial charge in [0.1, 0.15) is 11.6 Å². The topological polar surface area (TPSA) is 35.2 Å². The molecule has 1 aliphatic rings. The van der Waals surface area contributed by atoms with Crippen LogP contribution in [0.3, 0.4) is 0 Å². The maximum atomic E-state index is 13.3.